The molecule has 0 N–H and O–H groups in total. The molecule has 1 amide bonds. The second-order valence-corrected chi connectivity index (χ2v) is 10.9. The topological polar surface area (TPSA) is 65.1 Å². The highest BCUT2D eigenvalue weighted by atomic mass is 35.5. The van der Waals surface area contributed by atoms with E-state index in [2.05, 4.69) is 4.74 Å². The Labute approximate surface area is 222 Å². The van der Waals surface area contributed by atoms with E-state index in [1.807, 2.05) is 0 Å². The molecule has 1 aliphatic carbocycles. The van der Waals surface area contributed by atoms with Gasteiger partial charge in [0.1, 0.15) is 35.6 Å². The minimum absolute atomic E-state index is 0.0105. The standard InChI is InChI=1S/C27H28ClF4NO5/c1-26(2,3)38-25(35)23-5-4-8-33(23)24(34)21-13-20(15-6-7-15)16(9-22(21)29)14-36-18-10-17(28)11-19(12-18)37-27(30,31)32/h9-13,15,23H,4-8,14H2,1-3H3/t23-/m0/s1. The molecule has 4 rings (SSSR count). The number of alkyl halides is 3. The number of ether oxygens (including phenoxy) is 3. The molecule has 206 valence electrons. The molecule has 2 fully saturated rings. The summed E-state index contributed by atoms with van der Waals surface area (Å²) in [5.41, 5.74) is 0.319. The minimum Gasteiger partial charge on any atom is -0.489 e. The first-order valence-electron chi connectivity index (χ1n) is 12.3. The van der Waals surface area contributed by atoms with Gasteiger partial charge >= 0.3 is 12.3 Å². The molecule has 0 aromatic heterocycles. The Bertz CT molecular complexity index is 1220. The van der Waals surface area contributed by atoms with Gasteiger partial charge in [0, 0.05) is 17.6 Å². The third-order valence-electron chi connectivity index (χ3n) is 6.14. The Kier molecular flexibility index (Phi) is 7.84. The Morgan fingerprint density at radius 3 is 2.34 bits per heavy atom. The largest absolute Gasteiger partial charge is 0.573 e. The molecular formula is C27H28ClF4NO5. The zero-order chi connectivity index (χ0) is 27.8. The summed E-state index contributed by atoms with van der Waals surface area (Å²) in [5, 5.41) is -0.0264. The lowest BCUT2D eigenvalue weighted by Crippen LogP contribution is -2.43. The van der Waals surface area contributed by atoms with Crippen LogP contribution < -0.4 is 9.47 Å². The number of nitrogens with zero attached hydrogens (tertiary/aromatic N) is 1. The summed E-state index contributed by atoms with van der Waals surface area (Å²) in [5.74, 6) is -2.32. The summed E-state index contributed by atoms with van der Waals surface area (Å²) in [6, 6.07) is 5.27. The highest BCUT2D eigenvalue weighted by Crippen LogP contribution is 2.43. The first kappa shape index (κ1) is 28.0. The fourth-order valence-electron chi connectivity index (χ4n) is 4.45. The summed E-state index contributed by atoms with van der Waals surface area (Å²) in [4.78, 5) is 27.4. The number of carbonyl (C=O) groups excluding carboxylic acids is 2. The number of hydrogen-bond acceptors (Lipinski definition) is 5. The van der Waals surface area contributed by atoms with Crippen LogP contribution in [0.3, 0.4) is 0 Å². The van der Waals surface area contributed by atoms with Gasteiger partial charge in [-0.1, -0.05) is 11.6 Å². The molecule has 0 spiro atoms. The summed E-state index contributed by atoms with van der Waals surface area (Å²) >= 11 is 5.90. The van der Waals surface area contributed by atoms with Crippen molar-refractivity contribution in [2.24, 2.45) is 0 Å². The van der Waals surface area contributed by atoms with Gasteiger partial charge in [-0.25, -0.2) is 9.18 Å². The molecule has 1 atom stereocenters. The SMILES string of the molecule is CC(C)(C)OC(=O)[C@@H]1CCCN1C(=O)c1cc(C2CC2)c(COc2cc(Cl)cc(OC(F)(F)F)c2)cc1F. The van der Waals surface area contributed by atoms with Crippen LogP contribution in [0.1, 0.15) is 73.9 Å². The average molecular weight is 558 g/mol. The Balaban J connectivity index is 1.54. The first-order valence-corrected chi connectivity index (χ1v) is 12.6. The zero-order valence-corrected chi connectivity index (χ0v) is 21.9. The van der Waals surface area contributed by atoms with E-state index in [9.17, 15) is 22.8 Å². The van der Waals surface area contributed by atoms with Crippen LogP contribution in [0.4, 0.5) is 17.6 Å². The van der Waals surface area contributed by atoms with Crippen molar-refractivity contribution in [1.82, 2.24) is 4.90 Å². The number of rotatable bonds is 7. The van der Waals surface area contributed by atoms with E-state index >= 15 is 4.39 Å². The number of likely N-dealkylation sites (tertiary alicyclic amines) is 1. The number of amides is 1. The normalized spacial score (nSPS) is 17.9. The number of halogens is 5. The molecule has 2 aromatic carbocycles. The van der Waals surface area contributed by atoms with Crippen molar-refractivity contribution in [3.63, 3.8) is 0 Å². The van der Waals surface area contributed by atoms with Gasteiger partial charge in [-0.3, -0.25) is 4.79 Å². The van der Waals surface area contributed by atoms with Gasteiger partial charge in [0.25, 0.3) is 5.91 Å². The average Bonchev–Trinajstić information content (AvgIpc) is 3.49. The van der Waals surface area contributed by atoms with Crippen molar-refractivity contribution in [2.45, 2.75) is 77.0 Å². The lowest BCUT2D eigenvalue weighted by molar-refractivity contribution is -0.274. The lowest BCUT2D eigenvalue weighted by Gasteiger charge is -2.27. The van der Waals surface area contributed by atoms with Crippen LogP contribution in [0, 0.1) is 5.82 Å². The monoisotopic (exact) mass is 557 g/mol. The van der Waals surface area contributed by atoms with Crippen molar-refractivity contribution in [1.29, 1.82) is 0 Å². The predicted molar refractivity (Wildman–Crippen MR) is 131 cm³/mol. The first-order chi connectivity index (χ1) is 17.7. The van der Waals surface area contributed by atoms with Gasteiger partial charge in [-0.15, -0.1) is 13.2 Å². The van der Waals surface area contributed by atoms with E-state index in [0.717, 1.165) is 30.5 Å². The molecule has 0 radical (unpaired) electrons. The summed E-state index contributed by atoms with van der Waals surface area (Å²) in [6.07, 6.45) is -2.18. The van der Waals surface area contributed by atoms with Crippen molar-refractivity contribution in [3.05, 3.63) is 57.9 Å². The maximum Gasteiger partial charge on any atom is 0.573 e. The zero-order valence-electron chi connectivity index (χ0n) is 21.2. The van der Waals surface area contributed by atoms with Crippen molar-refractivity contribution >= 4 is 23.5 Å². The smallest absolute Gasteiger partial charge is 0.489 e. The fourth-order valence-corrected chi connectivity index (χ4v) is 4.66. The minimum atomic E-state index is -4.90. The Hall–Kier alpha value is -3.01. The van der Waals surface area contributed by atoms with Gasteiger partial charge in [0.2, 0.25) is 0 Å². The van der Waals surface area contributed by atoms with E-state index < -0.39 is 41.4 Å². The van der Waals surface area contributed by atoms with Crippen molar-refractivity contribution in [2.75, 3.05) is 6.54 Å². The molecule has 6 nitrogen and oxygen atoms in total. The van der Waals surface area contributed by atoms with Crippen LogP contribution >= 0.6 is 11.6 Å². The highest BCUT2D eigenvalue weighted by Gasteiger charge is 2.39. The van der Waals surface area contributed by atoms with Gasteiger partial charge in [0.05, 0.1) is 5.56 Å². The summed E-state index contributed by atoms with van der Waals surface area (Å²) in [7, 11) is 0. The summed E-state index contributed by atoms with van der Waals surface area (Å²) in [6.45, 7) is 5.36. The molecule has 1 saturated heterocycles. The molecule has 38 heavy (non-hydrogen) atoms. The second-order valence-electron chi connectivity index (χ2n) is 10.5. The van der Waals surface area contributed by atoms with Gasteiger partial charge < -0.3 is 19.1 Å². The van der Waals surface area contributed by atoms with Crippen molar-refractivity contribution < 1.29 is 41.4 Å². The van der Waals surface area contributed by atoms with Crippen LogP contribution in [0.2, 0.25) is 5.02 Å². The highest BCUT2D eigenvalue weighted by molar-refractivity contribution is 6.30. The number of carbonyl (C=O) groups is 2. The molecule has 1 aliphatic heterocycles. The quantitative estimate of drug-likeness (QED) is 0.277. The Morgan fingerprint density at radius 2 is 1.71 bits per heavy atom. The Morgan fingerprint density at radius 1 is 1.03 bits per heavy atom. The molecule has 11 heteroatoms. The molecular weight excluding hydrogens is 530 g/mol. The van der Waals surface area contributed by atoms with Crippen LogP contribution in [0.5, 0.6) is 11.5 Å². The molecule has 2 aliphatic rings. The maximum atomic E-state index is 15.3. The predicted octanol–water partition coefficient (Wildman–Crippen LogP) is 6.78. The maximum absolute atomic E-state index is 15.3. The molecule has 2 aromatic rings. The van der Waals surface area contributed by atoms with Crippen LogP contribution in [-0.4, -0.2) is 41.3 Å². The van der Waals surface area contributed by atoms with Gasteiger partial charge in [0.15, 0.2) is 0 Å². The van der Waals surface area contributed by atoms with E-state index in [1.165, 1.54) is 23.1 Å². The summed E-state index contributed by atoms with van der Waals surface area (Å²) < 4.78 is 68.1. The van der Waals surface area contributed by atoms with E-state index in [0.29, 0.717) is 24.9 Å². The van der Waals surface area contributed by atoms with Crippen LogP contribution in [0.25, 0.3) is 0 Å². The number of benzene rings is 2. The third kappa shape index (κ3) is 7.09. The number of esters is 1. The molecule has 0 unspecified atom stereocenters. The third-order valence-corrected chi connectivity index (χ3v) is 6.36. The van der Waals surface area contributed by atoms with Crippen LogP contribution in [-0.2, 0) is 16.1 Å². The number of hydrogen-bond donors (Lipinski definition) is 0. The second kappa shape index (κ2) is 10.6. The fraction of sp³-hybridized carbons (Fsp3) is 0.481. The van der Waals surface area contributed by atoms with Crippen molar-refractivity contribution in [3.8, 4) is 11.5 Å². The molecule has 1 heterocycles. The molecule has 1 saturated carbocycles. The van der Waals surface area contributed by atoms with Crippen LogP contribution in [0.15, 0.2) is 30.3 Å². The van der Waals surface area contributed by atoms with Gasteiger partial charge in [-0.2, -0.15) is 0 Å². The van der Waals surface area contributed by atoms with Gasteiger partial charge in [-0.05, 0) is 87.8 Å². The molecule has 0 bridgehead atoms. The van der Waals surface area contributed by atoms with E-state index in [-0.39, 0.29) is 28.9 Å². The lowest BCUT2D eigenvalue weighted by atomic mass is 9.99. The van der Waals surface area contributed by atoms with E-state index in [1.54, 1.807) is 20.8 Å². The van der Waals surface area contributed by atoms with E-state index in [4.69, 9.17) is 21.1 Å².